The van der Waals surface area contributed by atoms with Gasteiger partial charge >= 0.3 is 5.97 Å². The minimum absolute atomic E-state index is 0.0214. The molecule has 2 atom stereocenters. The number of methoxy groups -OCH3 is 1. The summed E-state index contributed by atoms with van der Waals surface area (Å²) in [6.07, 6.45) is 3.63. The van der Waals surface area contributed by atoms with Gasteiger partial charge in [0.1, 0.15) is 6.04 Å². The van der Waals surface area contributed by atoms with E-state index >= 15 is 0 Å². The number of likely N-dealkylation sites (tertiary alicyclic amines) is 1. The summed E-state index contributed by atoms with van der Waals surface area (Å²) in [6, 6.07) is 0.0498. The van der Waals surface area contributed by atoms with E-state index in [1.54, 1.807) is 0 Å². The van der Waals surface area contributed by atoms with Gasteiger partial charge in [0, 0.05) is 6.54 Å². The third-order valence-electron chi connectivity index (χ3n) is 4.10. The molecule has 1 aliphatic heterocycles. The molecule has 0 aromatic carbocycles. The van der Waals surface area contributed by atoms with Gasteiger partial charge in [0.25, 0.3) is 0 Å². The van der Waals surface area contributed by atoms with E-state index in [0.717, 1.165) is 24.9 Å². The minimum Gasteiger partial charge on any atom is -0.468 e. The molecule has 0 N–H and O–H groups in total. The SMILES string of the molecule is COC(=O)C(C1CC1)N1CCC(C(C)C)C1. The third-order valence-corrected chi connectivity index (χ3v) is 4.10. The van der Waals surface area contributed by atoms with Gasteiger partial charge in [-0.15, -0.1) is 0 Å². The molecule has 1 heterocycles. The van der Waals surface area contributed by atoms with Gasteiger partial charge in [-0.1, -0.05) is 13.8 Å². The van der Waals surface area contributed by atoms with Crippen LogP contribution < -0.4 is 0 Å². The van der Waals surface area contributed by atoms with E-state index in [1.807, 2.05) is 0 Å². The van der Waals surface area contributed by atoms with Crippen molar-refractivity contribution < 1.29 is 9.53 Å². The second-order valence-corrected chi connectivity index (χ2v) is 5.59. The molecule has 2 aliphatic rings. The van der Waals surface area contributed by atoms with Crippen molar-refractivity contribution in [1.82, 2.24) is 4.90 Å². The van der Waals surface area contributed by atoms with Crippen LogP contribution in [0.4, 0.5) is 0 Å². The number of hydrogen-bond donors (Lipinski definition) is 0. The zero-order valence-electron chi connectivity index (χ0n) is 10.6. The van der Waals surface area contributed by atoms with Crippen LogP contribution in [-0.4, -0.2) is 37.1 Å². The molecule has 16 heavy (non-hydrogen) atoms. The van der Waals surface area contributed by atoms with Crippen molar-refractivity contribution in [2.75, 3.05) is 20.2 Å². The Morgan fingerprint density at radius 3 is 2.38 bits per heavy atom. The fourth-order valence-corrected chi connectivity index (χ4v) is 2.78. The van der Waals surface area contributed by atoms with Crippen molar-refractivity contribution in [2.24, 2.45) is 17.8 Å². The van der Waals surface area contributed by atoms with E-state index in [9.17, 15) is 4.79 Å². The monoisotopic (exact) mass is 225 g/mol. The summed E-state index contributed by atoms with van der Waals surface area (Å²) in [4.78, 5) is 14.1. The van der Waals surface area contributed by atoms with Crippen molar-refractivity contribution in [3.8, 4) is 0 Å². The van der Waals surface area contributed by atoms with Crippen molar-refractivity contribution in [2.45, 2.75) is 39.2 Å². The van der Waals surface area contributed by atoms with Crippen LogP contribution in [0.2, 0.25) is 0 Å². The average Bonchev–Trinajstić information content (AvgIpc) is 2.95. The van der Waals surface area contributed by atoms with Crippen molar-refractivity contribution in [3.63, 3.8) is 0 Å². The van der Waals surface area contributed by atoms with Gasteiger partial charge in [-0.3, -0.25) is 9.69 Å². The van der Waals surface area contributed by atoms with Crippen LogP contribution in [0.1, 0.15) is 33.1 Å². The molecule has 0 radical (unpaired) electrons. The Morgan fingerprint density at radius 2 is 1.94 bits per heavy atom. The Kier molecular flexibility index (Phi) is 3.53. The van der Waals surface area contributed by atoms with Crippen LogP contribution in [-0.2, 0) is 9.53 Å². The highest BCUT2D eigenvalue weighted by atomic mass is 16.5. The van der Waals surface area contributed by atoms with Gasteiger partial charge in [-0.05, 0) is 43.6 Å². The molecule has 1 saturated heterocycles. The molecule has 1 saturated carbocycles. The van der Waals surface area contributed by atoms with Crippen LogP contribution in [0.25, 0.3) is 0 Å². The summed E-state index contributed by atoms with van der Waals surface area (Å²) >= 11 is 0. The summed E-state index contributed by atoms with van der Waals surface area (Å²) < 4.78 is 4.94. The Morgan fingerprint density at radius 1 is 1.25 bits per heavy atom. The number of carbonyl (C=O) groups excluding carboxylic acids is 1. The molecule has 2 rings (SSSR count). The fourth-order valence-electron chi connectivity index (χ4n) is 2.78. The second kappa shape index (κ2) is 4.74. The van der Waals surface area contributed by atoms with Crippen LogP contribution in [0.3, 0.4) is 0 Å². The normalized spacial score (nSPS) is 28.4. The fraction of sp³-hybridized carbons (Fsp3) is 0.923. The molecule has 2 fully saturated rings. The largest absolute Gasteiger partial charge is 0.468 e. The molecular formula is C13H23NO2. The molecular weight excluding hydrogens is 202 g/mol. The first-order valence-corrected chi connectivity index (χ1v) is 6.45. The molecule has 0 aromatic rings. The maximum absolute atomic E-state index is 11.8. The maximum atomic E-state index is 11.8. The summed E-state index contributed by atoms with van der Waals surface area (Å²) in [7, 11) is 1.51. The molecule has 0 amide bonds. The first-order chi connectivity index (χ1) is 7.63. The lowest BCUT2D eigenvalue weighted by atomic mass is 9.95. The van der Waals surface area contributed by atoms with Gasteiger partial charge in [-0.25, -0.2) is 0 Å². The van der Waals surface area contributed by atoms with Crippen LogP contribution >= 0.6 is 0 Å². The average molecular weight is 225 g/mol. The molecule has 3 heteroatoms. The number of hydrogen-bond acceptors (Lipinski definition) is 3. The van der Waals surface area contributed by atoms with Crippen molar-refractivity contribution in [3.05, 3.63) is 0 Å². The Balaban J connectivity index is 1.97. The quantitative estimate of drug-likeness (QED) is 0.685. The first-order valence-electron chi connectivity index (χ1n) is 6.45. The highest BCUT2D eigenvalue weighted by Crippen LogP contribution is 2.38. The van der Waals surface area contributed by atoms with E-state index < -0.39 is 0 Å². The Bertz CT molecular complexity index is 261. The highest BCUT2D eigenvalue weighted by Gasteiger charge is 2.43. The molecule has 0 spiro atoms. The van der Waals surface area contributed by atoms with Crippen LogP contribution in [0, 0.1) is 17.8 Å². The lowest BCUT2D eigenvalue weighted by molar-refractivity contribution is -0.147. The molecule has 2 unspecified atom stereocenters. The highest BCUT2D eigenvalue weighted by molar-refractivity contribution is 5.76. The summed E-state index contributed by atoms with van der Waals surface area (Å²) in [6.45, 7) is 6.70. The third kappa shape index (κ3) is 2.40. The van der Waals surface area contributed by atoms with E-state index in [4.69, 9.17) is 4.74 Å². The number of carbonyl (C=O) groups is 1. The first kappa shape index (κ1) is 11.9. The predicted octanol–water partition coefficient (Wildman–Crippen LogP) is 1.92. The lowest BCUT2D eigenvalue weighted by Gasteiger charge is -2.26. The smallest absolute Gasteiger partial charge is 0.323 e. The Hall–Kier alpha value is -0.570. The number of nitrogens with zero attached hydrogens (tertiary/aromatic N) is 1. The number of esters is 1. The number of ether oxygens (including phenoxy) is 1. The topological polar surface area (TPSA) is 29.5 Å². The van der Waals surface area contributed by atoms with E-state index in [0.29, 0.717) is 5.92 Å². The van der Waals surface area contributed by atoms with Gasteiger partial charge in [0.05, 0.1) is 7.11 Å². The van der Waals surface area contributed by atoms with Gasteiger partial charge in [0.15, 0.2) is 0 Å². The van der Waals surface area contributed by atoms with Crippen molar-refractivity contribution in [1.29, 1.82) is 0 Å². The van der Waals surface area contributed by atoms with Crippen LogP contribution in [0.5, 0.6) is 0 Å². The molecule has 92 valence electrons. The van der Waals surface area contributed by atoms with Gasteiger partial charge in [-0.2, -0.15) is 0 Å². The van der Waals surface area contributed by atoms with Crippen molar-refractivity contribution >= 4 is 5.97 Å². The van der Waals surface area contributed by atoms with E-state index in [-0.39, 0.29) is 12.0 Å². The van der Waals surface area contributed by atoms with E-state index in [1.165, 1.54) is 26.4 Å². The Labute approximate surface area is 98.1 Å². The minimum atomic E-state index is -0.0214. The molecule has 1 aliphatic carbocycles. The zero-order valence-corrected chi connectivity index (χ0v) is 10.6. The maximum Gasteiger partial charge on any atom is 0.323 e. The molecule has 0 aromatic heterocycles. The zero-order chi connectivity index (χ0) is 11.7. The summed E-state index contributed by atoms with van der Waals surface area (Å²) in [5.41, 5.74) is 0. The van der Waals surface area contributed by atoms with E-state index in [2.05, 4.69) is 18.7 Å². The summed E-state index contributed by atoms with van der Waals surface area (Å²) in [5, 5.41) is 0. The predicted molar refractivity (Wildman–Crippen MR) is 63.0 cm³/mol. The molecule has 0 bridgehead atoms. The second-order valence-electron chi connectivity index (χ2n) is 5.59. The summed E-state index contributed by atoms with van der Waals surface area (Å²) in [5.74, 6) is 2.03. The van der Waals surface area contributed by atoms with Gasteiger partial charge < -0.3 is 4.74 Å². The standard InChI is InChI=1S/C13H23NO2/c1-9(2)11-6-7-14(8-11)12(10-4-5-10)13(15)16-3/h9-12H,4-8H2,1-3H3. The molecule has 3 nitrogen and oxygen atoms in total. The van der Waals surface area contributed by atoms with Gasteiger partial charge in [0.2, 0.25) is 0 Å². The van der Waals surface area contributed by atoms with Crippen LogP contribution in [0.15, 0.2) is 0 Å². The lowest BCUT2D eigenvalue weighted by Crippen LogP contribution is -2.42. The number of rotatable bonds is 4.